The van der Waals surface area contributed by atoms with Gasteiger partial charge in [-0.2, -0.15) is 4.98 Å². The zero-order chi connectivity index (χ0) is 14.0. The lowest BCUT2D eigenvalue weighted by Crippen LogP contribution is -2.43. The van der Waals surface area contributed by atoms with Gasteiger partial charge in [0.05, 0.1) is 0 Å². The summed E-state index contributed by atoms with van der Waals surface area (Å²) in [5.74, 6) is 1.79. The van der Waals surface area contributed by atoms with E-state index in [2.05, 4.69) is 20.1 Å². The molecule has 0 atom stereocenters. The smallest absolute Gasteiger partial charge is 0.228 e. The normalized spacial score (nSPS) is 18.1. The zero-order valence-corrected chi connectivity index (χ0v) is 11.7. The van der Waals surface area contributed by atoms with E-state index in [0.29, 0.717) is 29.7 Å². The summed E-state index contributed by atoms with van der Waals surface area (Å²) < 4.78 is 5.33. The molecule has 0 aliphatic heterocycles. The summed E-state index contributed by atoms with van der Waals surface area (Å²) in [4.78, 5) is 12.8. The van der Waals surface area contributed by atoms with Gasteiger partial charge in [0.25, 0.3) is 0 Å². The third-order valence-corrected chi connectivity index (χ3v) is 3.83. The van der Waals surface area contributed by atoms with E-state index in [1.54, 1.807) is 12.3 Å². The molecular formula is C14H19N5O. The molecule has 0 spiro atoms. The molecule has 2 aromatic rings. The van der Waals surface area contributed by atoms with Crippen LogP contribution >= 0.6 is 0 Å². The van der Waals surface area contributed by atoms with Crippen LogP contribution in [0.4, 0.5) is 0 Å². The first kappa shape index (κ1) is 13.2. The molecule has 1 aliphatic rings. The second kappa shape index (κ2) is 5.28. The highest BCUT2D eigenvalue weighted by Gasteiger charge is 2.30. The van der Waals surface area contributed by atoms with Crippen LogP contribution in [0.15, 0.2) is 16.8 Å². The number of aromatic nitrogens is 4. The van der Waals surface area contributed by atoms with Gasteiger partial charge in [-0.1, -0.05) is 24.4 Å². The highest BCUT2D eigenvalue weighted by Crippen LogP contribution is 2.29. The lowest BCUT2D eigenvalue weighted by atomic mass is 9.80. The minimum atomic E-state index is -0.191. The Kier molecular flexibility index (Phi) is 3.48. The molecule has 0 unspecified atom stereocenters. The topological polar surface area (TPSA) is 90.7 Å². The van der Waals surface area contributed by atoms with E-state index in [4.69, 9.17) is 10.3 Å². The Morgan fingerprint density at radius 3 is 2.80 bits per heavy atom. The van der Waals surface area contributed by atoms with Crippen molar-refractivity contribution in [3.63, 3.8) is 0 Å². The van der Waals surface area contributed by atoms with Crippen LogP contribution in [0.2, 0.25) is 0 Å². The first-order chi connectivity index (χ1) is 9.65. The fraction of sp³-hybridized carbons (Fsp3) is 0.571. The number of nitrogens with zero attached hydrogens (tertiary/aromatic N) is 4. The summed E-state index contributed by atoms with van der Waals surface area (Å²) in [5, 5.41) is 3.99. The Morgan fingerprint density at radius 2 is 2.05 bits per heavy atom. The summed E-state index contributed by atoms with van der Waals surface area (Å²) in [6.07, 6.45) is 8.03. The molecule has 0 aromatic carbocycles. The third kappa shape index (κ3) is 2.85. The van der Waals surface area contributed by atoms with Crippen molar-refractivity contribution in [1.82, 2.24) is 20.1 Å². The average Bonchev–Trinajstić information content (AvgIpc) is 2.87. The molecule has 1 fully saturated rings. The van der Waals surface area contributed by atoms with Crippen LogP contribution in [0.5, 0.6) is 0 Å². The van der Waals surface area contributed by atoms with Crippen molar-refractivity contribution in [2.75, 3.05) is 0 Å². The number of hydrogen-bond acceptors (Lipinski definition) is 6. The maximum Gasteiger partial charge on any atom is 0.228 e. The molecule has 6 nitrogen and oxygen atoms in total. The fourth-order valence-electron chi connectivity index (χ4n) is 2.75. The number of rotatable bonds is 3. The Balaban J connectivity index is 1.77. The largest absolute Gasteiger partial charge is 0.339 e. The van der Waals surface area contributed by atoms with Gasteiger partial charge in [0.2, 0.25) is 11.7 Å². The van der Waals surface area contributed by atoms with E-state index in [1.807, 2.05) is 6.92 Å². The SMILES string of the molecule is Cc1nccc(-c2noc(CC3(N)CCCCC3)n2)n1. The first-order valence-corrected chi connectivity index (χ1v) is 7.06. The van der Waals surface area contributed by atoms with Crippen LogP contribution in [0, 0.1) is 6.92 Å². The van der Waals surface area contributed by atoms with Crippen LogP contribution in [0.3, 0.4) is 0 Å². The second-order valence-electron chi connectivity index (χ2n) is 5.60. The van der Waals surface area contributed by atoms with Crippen LogP contribution in [-0.4, -0.2) is 25.6 Å². The quantitative estimate of drug-likeness (QED) is 0.920. The van der Waals surface area contributed by atoms with Crippen molar-refractivity contribution >= 4 is 0 Å². The highest BCUT2D eigenvalue weighted by atomic mass is 16.5. The van der Waals surface area contributed by atoms with Crippen molar-refractivity contribution in [3.8, 4) is 11.5 Å². The molecule has 2 N–H and O–H groups in total. The minimum Gasteiger partial charge on any atom is -0.339 e. The van der Waals surface area contributed by atoms with Gasteiger partial charge in [-0.3, -0.25) is 0 Å². The summed E-state index contributed by atoms with van der Waals surface area (Å²) >= 11 is 0. The third-order valence-electron chi connectivity index (χ3n) is 3.83. The Hall–Kier alpha value is -1.82. The summed E-state index contributed by atoms with van der Waals surface area (Å²) in [6, 6.07) is 1.78. The maximum absolute atomic E-state index is 6.41. The van der Waals surface area contributed by atoms with E-state index in [0.717, 1.165) is 12.8 Å². The molecule has 2 heterocycles. The van der Waals surface area contributed by atoms with Crippen LogP contribution in [0.25, 0.3) is 11.5 Å². The van der Waals surface area contributed by atoms with Gasteiger partial charge >= 0.3 is 0 Å². The highest BCUT2D eigenvalue weighted by molar-refractivity contribution is 5.46. The lowest BCUT2D eigenvalue weighted by Gasteiger charge is -2.31. The van der Waals surface area contributed by atoms with Crippen molar-refractivity contribution in [2.24, 2.45) is 5.73 Å². The molecule has 0 saturated heterocycles. The minimum absolute atomic E-state index is 0.191. The molecular weight excluding hydrogens is 254 g/mol. The van der Waals surface area contributed by atoms with E-state index in [1.165, 1.54) is 19.3 Å². The van der Waals surface area contributed by atoms with Crippen molar-refractivity contribution in [3.05, 3.63) is 24.0 Å². The Bertz CT molecular complexity index is 589. The molecule has 1 saturated carbocycles. The van der Waals surface area contributed by atoms with Gasteiger partial charge in [0, 0.05) is 18.2 Å². The van der Waals surface area contributed by atoms with Gasteiger partial charge in [0.1, 0.15) is 11.5 Å². The standard InChI is InChI=1S/C14H19N5O/c1-10-16-8-5-11(17-10)13-18-12(20-19-13)9-14(15)6-3-2-4-7-14/h5,8H,2-4,6-7,9,15H2,1H3. The van der Waals surface area contributed by atoms with Gasteiger partial charge in [-0.05, 0) is 25.8 Å². The maximum atomic E-state index is 6.41. The molecule has 1 aliphatic carbocycles. The second-order valence-corrected chi connectivity index (χ2v) is 5.60. The molecule has 0 amide bonds. The fourth-order valence-corrected chi connectivity index (χ4v) is 2.75. The lowest BCUT2D eigenvalue weighted by molar-refractivity contribution is 0.261. The number of hydrogen-bond donors (Lipinski definition) is 1. The van der Waals surface area contributed by atoms with Crippen LogP contribution in [-0.2, 0) is 6.42 Å². The number of nitrogens with two attached hydrogens (primary N) is 1. The van der Waals surface area contributed by atoms with E-state index in [9.17, 15) is 0 Å². The predicted octanol–water partition coefficient (Wildman–Crippen LogP) is 2.04. The summed E-state index contributed by atoms with van der Waals surface area (Å²) in [7, 11) is 0. The van der Waals surface area contributed by atoms with Crippen molar-refractivity contribution in [2.45, 2.75) is 51.0 Å². The van der Waals surface area contributed by atoms with E-state index < -0.39 is 0 Å². The van der Waals surface area contributed by atoms with Gasteiger partial charge in [-0.15, -0.1) is 0 Å². The zero-order valence-electron chi connectivity index (χ0n) is 11.7. The molecule has 0 radical (unpaired) electrons. The van der Waals surface area contributed by atoms with Crippen LogP contribution < -0.4 is 5.73 Å². The van der Waals surface area contributed by atoms with E-state index in [-0.39, 0.29) is 5.54 Å². The van der Waals surface area contributed by atoms with Crippen molar-refractivity contribution < 1.29 is 4.52 Å². The number of aryl methyl sites for hydroxylation is 1. The molecule has 3 rings (SSSR count). The summed E-state index contributed by atoms with van der Waals surface area (Å²) in [5.41, 5.74) is 6.90. The molecule has 6 heteroatoms. The van der Waals surface area contributed by atoms with E-state index >= 15 is 0 Å². The molecule has 0 bridgehead atoms. The Labute approximate surface area is 117 Å². The average molecular weight is 273 g/mol. The molecule has 106 valence electrons. The van der Waals surface area contributed by atoms with Gasteiger partial charge < -0.3 is 10.3 Å². The Morgan fingerprint density at radius 1 is 1.25 bits per heavy atom. The molecule has 20 heavy (non-hydrogen) atoms. The first-order valence-electron chi connectivity index (χ1n) is 7.06. The summed E-state index contributed by atoms with van der Waals surface area (Å²) in [6.45, 7) is 1.83. The van der Waals surface area contributed by atoms with Crippen LogP contribution in [0.1, 0.15) is 43.8 Å². The molecule has 2 aromatic heterocycles. The monoisotopic (exact) mass is 273 g/mol. The van der Waals surface area contributed by atoms with Gasteiger partial charge in [0.15, 0.2) is 0 Å². The van der Waals surface area contributed by atoms with Crippen molar-refractivity contribution in [1.29, 1.82) is 0 Å². The van der Waals surface area contributed by atoms with Gasteiger partial charge in [-0.25, -0.2) is 9.97 Å². The predicted molar refractivity (Wildman–Crippen MR) is 73.8 cm³/mol.